The fraction of sp³-hybridized carbons (Fsp3) is 0. The van der Waals surface area contributed by atoms with Gasteiger partial charge in [-0.05, 0) is 66.5 Å². The molecule has 0 aliphatic rings. The van der Waals surface area contributed by atoms with E-state index in [4.69, 9.17) is 31.4 Å². The highest BCUT2D eigenvalue weighted by Crippen LogP contribution is 2.46. The Morgan fingerprint density at radius 1 is 0.442 bits per heavy atom. The van der Waals surface area contributed by atoms with Crippen molar-refractivity contribution >= 4 is 112 Å². The van der Waals surface area contributed by atoms with E-state index in [1.54, 1.807) is 30.3 Å². The Morgan fingerprint density at radius 3 is 1.73 bits per heavy atom. The molecule has 11 aromatic rings. The molecule has 0 aliphatic heterocycles. The molecular weight excluding hydrogens is 693 g/mol. The molecule has 244 valence electrons. The van der Waals surface area contributed by atoms with Gasteiger partial charge >= 0.3 is 0 Å². The molecule has 0 radical (unpaired) electrons. The van der Waals surface area contributed by atoms with Gasteiger partial charge in [-0.3, -0.25) is 4.90 Å². The van der Waals surface area contributed by atoms with Crippen molar-refractivity contribution in [2.24, 2.45) is 0 Å². The van der Waals surface area contributed by atoms with E-state index >= 15 is 0 Å². The zero-order chi connectivity index (χ0) is 52.4. The van der Waals surface area contributed by atoms with Crippen LogP contribution in [0.4, 0.5) is 17.3 Å². The number of thiophene rings is 3. The van der Waals surface area contributed by atoms with Crippen molar-refractivity contribution in [1.82, 2.24) is 15.0 Å². The Hall–Kier alpha value is -5.99. The summed E-state index contributed by atoms with van der Waals surface area (Å²) in [6.07, 6.45) is 0. The first-order valence-electron chi connectivity index (χ1n) is 25.9. The van der Waals surface area contributed by atoms with Gasteiger partial charge in [0.05, 0.1) is 34.5 Å². The predicted molar refractivity (Wildman–Crippen MR) is 224 cm³/mol. The lowest BCUT2D eigenvalue weighted by atomic mass is 10.1. The molecule has 4 heterocycles. The van der Waals surface area contributed by atoms with Crippen molar-refractivity contribution in [2.45, 2.75) is 0 Å². The number of anilines is 3. The van der Waals surface area contributed by atoms with Crippen LogP contribution in [0.15, 0.2) is 157 Å². The second kappa shape index (κ2) is 11.8. The highest BCUT2D eigenvalue weighted by molar-refractivity contribution is 7.26. The molecule has 4 nitrogen and oxygen atoms in total. The monoisotopic (exact) mass is 739 g/mol. The third-order valence-electron chi connectivity index (χ3n) is 8.21. The van der Waals surface area contributed by atoms with Crippen LogP contribution in [-0.2, 0) is 0 Å². The summed E-state index contributed by atoms with van der Waals surface area (Å²) in [6, 6.07) is -4.66. The van der Waals surface area contributed by atoms with Gasteiger partial charge in [0.25, 0.3) is 0 Å². The zero-order valence-electron chi connectivity index (χ0n) is 46.9. The lowest BCUT2D eigenvalue weighted by Crippen LogP contribution is -2.15. The number of benzene rings is 7. The molecule has 0 saturated carbocycles. The summed E-state index contributed by atoms with van der Waals surface area (Å²) in [5.74, 6) is -1.40. The van der Waals surface area contributed by atoms with E-state index in [-0.39, 0.29) is 71.9 Å². The van der Waals surface area contributed by atoms with Gasteiger partial charge < -0.3 is 0 Å². The number of hydrogen-bond donors (Lipinski definition) is 0. The Kier molecular flexibility index (Phi) is 3.56. The van der Waals surface area contributed by atoms with Crippen molar-refractivity contribution in [3.63, 3.8) is 0 Å². The largest absolute Gasteiger partial charge is 0.278 e. The van der Waals surface area contributed by atoms with Crippen molar-refractivity contribution < 1.29 is 28.8 Å². The maximum Gasteiger partial charge on any atom is 0.238 e. The molecule has 4 aromatic heterocycles. The minimum absolute atomic E-state index is 0.0107. The first-order valence-corrected chi connectivity index (χ1v) is 17.8. The Morgan fingerprint density at radius 2 is 1.00 bits per heavy atom. The Balaban J connectivity index is 1.37. The lowest BCUT2D eigenvalue weighted by molar-refractivity contribution is 1.03. The molecule has 52 heavy (non-hydrogen) atoms. The highest BCUT2D eigenvalue weighted by atomic mass is 32.1. The summed E-state index contributed by atoms with van der Waals surface area (Å²) >= 11 is 2.25. The smallest absolute Gasteiger partial charge is 0.238 e. The minimum Gasteiger partial charge on any atom is -0.278 e. The molecule has 0 amide bonds. The molecule has 0 saturated heterocycles. The Labute approximate surface area is 340 Å². The van der Waals surface area contributed by atoms with Crippen LogP contribution in [0, 0.1) is 0 Å². The summed E-state index contributed by atoms with van der Waals surface area (Å²) in [5.41, 5.74) is -1.36. The van der Waals surface area contributed by atoms with Crippen molar-refractivity contribution in [1.29, 1.82) is 0 Å². The molecule has 7 heteroatoms. The van der Waals surface area contributed by atoms with Crippen LogP contribution in [0.5, 0.6) is 0 Å². The molecule has 7 aromatic carbocycles. The van der Waals surface area contributed by atoms with Crippen LogP contribution in [0.2, 0.25) is 0 Å². The zero-order valence-corrected chi connectivity index (χ0v) is 28.3. The quantitative estimate of drug-likeness (QED) is 0.176. The molecule has 0 fully saturated rings. The lowest BCUT2D eigenvalue weighted by Gasteiger charge is -2.25. The summed E-state index contributed by atoms with van der Waals surface area (Å²) in [7, 11) is 0. The van der Waals surface area contributed by atoms with E-state index in [2.05, 4.69) is 0 Å². The number of rotatable bonds is 5. The van der Waals surface area contributed by atoms with Crippen LogP contribution in [0.3, 0.4) is 0 Å². The van der Waals surface area contributed by atoms with E-state index in [1.807, 2.05) is 0 Å². The van der Waals surface area contributed by atoms with Gasteiger partial charge in [0.2, 0.25) is 5.95 Å². The summed E-state index contributed by atoms with van der Waals surface area (Å²) < 4.78 is 189. The molecule has 0 spiro atoms. The molecule has 0 N–H and O–H groups in total. The van der Waals surface area contributed by atoms with Crippen molar-refractivity contribution in [3.8, 4) is 22.8 Å². The van der Waals surface area contributed by atoms with Crippen LogP contribution in [-0.4, -0.2) is 15.0 Å². The van der Waals surface area contributed by atoms with Gasteiger partial charge in [-0.2, -0.15) is 9.97 Å². The van der Waals surface area contributed by atoms with E-state index in [0.717, 1.165) is 27.6 Å². The average molecular weight is 740 g/mol. The SMILES string of the molecule is [2H]c1c([2H])c([2H])c2c(sc3c([2H])c([2H])c(-c4nc(-c5ccccc5)nc(N(c5c([2H])c([2H])c6sc7c([2H])c([2H])c([2H])c([2H])c7c6c5[2H])c5c([2H])c([2H])c([2H])c6sc7c([2H])c([2H])c([2H])c([2H])c7c56)n4)c([2H])c32)c1[2H]. The maximum absolute atomic E-state index is 10.0. The van der Waals surface area contributed by atoms with Gasteiger partial charge in [0.15, 0.2) is 11.6 Å². The number of hydrogen-bond acceptors (Lipinski definition) is 7. The first-order chi connectivity index (χ1) is 34.5. The second-order valence-electron chi connectivity index (χ2n) is 11.2. The van der Waals surface area contributed by atoms with Gasteiger partial charge in [0, 0.05) is 77.3 Å². The fourth-order valence-electron chi connectivity index (χ4n) is 5.94. The van der Waals surface area contributed by atoms with Gasteiger partial charge in [-0.1, -0.05) is 90.8 Å². The van der Waals surface area contributed by atoms with Crippen LogP contribution < -0.4 is 4.90 Å². The van der Waals surface area contributed by atoms with E-state index in [0.29, 0.717) is 11.3 Å². The predicted octanol–water partition coefficient (Wildman–Crippen LogP) is 13.8. The normalized spacial score (nSPS) is 17.5. The van der Waals surface area contributed by atoms with Crippen LogP contribution in [0.1, 0.15) is 28.8 Å². The van der Waals surface area contributed by atoms with Gasteiger partial charge in [-0.15, -0.1) is 34.0 Å². The average Bonchev–Trinajstić information content (AvgIpc) is 4.11. The Bertz CT molecular complexity index is 4370. The third kappa shape index (κ3) is 4.74. The summed E-state index contributed by atoms with van der Waals surface area (Å²) in [4.78, 5) is 15.2. The van der Waals surface area contributed by atoms with Gasteiger partial charge in [0.1, 0.15) is 0 Å². The number of aromatic nitrogens is 3. The van der Waals surface area contributed by atoms with Crippen molar-refractivity contribution in [3.05, 3.63) is 157 Å². The fourth-order valence-corrected chi connectivity index (χ4v) is 8.74. The standard InChI is InChI=1S/C45H26N4S3/c1-2-11-27(12-3-1)43-46-44(28-21-23-39-33(25-28)30-13-4-7-17-36(30)50-39)48-45(47-43)49(29-22-24-40-34(26-29)31-14-5-8-18-37(31)51-40)35-16-10-20-41-42(35)32-15-6-9-19-38(32)52-41/h1-26H/i4D,5D,6D,7D,8D,9D,10D,13D,14D,15D,16D,17D,18D,19D,20D,21D,22D,23D,24D,25D,26D. The van der Waals surface area contributed by atoms with Gasteiger partial charge in [-0.25, -0.2) is 4.98 Å². The van der Waals surface area contributed by atoms with Crippen molar-refractivity contribution in [2.75, 3.05) is 4.90 Å². The number of fused-ring (bicyclic) bond motifs is 9. The molecule has 0 atom stereocenters. The molecule has 0 bridgehead atoms. The third-order valence-corrected chi connectivity index (χ3v) is 11.3. The summed E-state index contributed by atoms with van der Waals surface area (Å²) in [5, 5.41) is -1.12. The van der Waals surface area contributed by atoms with Crippen LogP contribution >= 0.6 is 34.0 Å². The molecule has 0 unspecified atom stereocenters. The van der Waals surface area contributed by atoms with E-state index < -0.39 is 156 Å². The van der Waals surface area contributed by atoms with Crippen LogP contribution in [0.25, 0.3) is 83.3 Å². The molecule has 11 rings (SSSR count). The minimum atomic E-state index is -0.813. The summed E-state index contributed by atoms with van der Waals surface area (Å²) in [6.45, 7) is 0. The van der Waals surface area contributed by atoms with E-state index in [1.165, 1.54) is 0 Å². The maximum atomic E-state index is 10.0. The second-order valence-corrected chi connectivity index (χ2v) is 14.3. The van der Waals surface area contributed by atoms with E-state index in [9.17, 15) is 12.3 Å². The first kappa shape index (κ1) is 15.7. The molecular formula is C45H26N4S3. The number of nitrogens with zero attached hydrogens (tertiary/aromatic N) is 4. The molecule has 0 aliphatic carbocycles. The highest BCUT2D eigenvalue weighted by Gasteiger charge is 2.24. The topological polar surface area (TPSA) is 41.9 Å².